The molecule has 0 radical (unpaired) electrons. The zero-order chi connectivity index (χ0) is 19.8. The number of rotatable bonds is 2. The van der Waals surface area contributed by atoms with Gasteiger partial charge in [0.2, 0.25) is 11.8 Å². The number of likely N-dealkylation sites (N-methyl/N-ethyl adjacent to an activating group) is 2. The molecule has 4 atom stereocenters. The van der Waals surface area contributed by atoms with Gasteiger partial charge in [-0.2, -0.15) is 0 Å². The van der Waals surface area contributed by atoms with Gasteiger partial charge in [-0.3, -0.25) is 24.1 Å². The standard InChI is InChI=1S/C21H19N3O4/c1-22-14-8-10-20(16(22)25)18(27)24(12-13-6-4-3-5-7-13)19(28)21(20)11-9-15(14)23(2)17(21)26/h3-11,14-15H,12H2,1-2H3/t14-,15-,20-,21-/m0/s1. The van der Waals surface area contributed by atoms with E-state index in [0.717, 1.165) is 10.5 Å². The highest BCUT2D eigenvalue weighted by molar-refractivity contribution is 6.30. The van der Waals surface area contributed by atoms with Crippen LogP contribution in [-0.4, -0.2) is 64.5 Å². The van der Waals surface area contributed by atoms with E-state index in [2.05, 4.69) is 0 Å². The molecule has 7 aliphatic rings. The molecule has 28 heavy (non-hydrogen) atoms. The number of hydrogen-bond acceptors (Lipinski definition) is 4. The van der Waals surface area contributed by atoms with Crippen molar-refractivity contribution in [2.45, 2.75) is 18.6 Å². The molecule has 7 nitrogen and oxygen atoms in total. The van der Waals surface area contributed by atoms with Crippen LogP contribution in [-0.2, 0) is 25.7 Å². The first-order valence-corrected chi connectivity index (χ1v) is 9.20. The minimum Gasteiger partial charge on any atom is -0.336 e. The number of benzene rings is 1. The normalized spacial score (nSPS) is 35.7. The van der Waals surface area contributed by atoms with Gasteiger partial charge in [-0.05, 0) is 5.56 Å². The molecule has 2 fully saturated rings. The van der Waals surface area contributed by atoms with E-state index >= 15 is 0 Å². The van der Waals surface area contributed by atoms with Gasteiger partial charge in [0, 0.05) is 14.1 Å². The lowest BCUT2D eigenvalue weighted by molar-refractivity contribution is -0.168. The molecule has 0 aromatic heterocycles. The van der Waals surface area contributed by atoms with E-state index in [9.17, 15) is 19.2 Å². The first-order valence-electron chi connectivity index (χ1n) is 9.20. The fourth-order valence-electron chi connectivity index (χ4n) is 5.09. The number of hydrogen-bond donors (Lipinski definition) is 0. The van der Waals surface area contributed by atoms with Gasteiger partial charge < -0.3 is 9.80 Å². The molecule has 4 bridgehead atoms. The second kappa shape index (κ2) is 5.19. The highest BCUT2D eigenvalue weighted by atomic mass is 16.2. The van der Waals surface area contributed by atoms with Gasteiger partial charge in [0.25, 0.3) is 11.8 Å². The van der Waals surface area contributed by atoms with Crippen LogP contribution < -0.4 is 0 Å². The van der Waals surface area contributed by atoms with Crippen molar-refractivity contribution >= 4 is 23.6 Å². The van der Waals surface area contributed by atoms with Crippen molar-refractivity contribution in [3.63, 3.8) is 0 Å². The number of carbonyl (C=O) groups excluding carboxylic acids is 4. The monoisotopic (exact) mass is 377 g/mol. The van der Waals surface area contributed by atoms with Crippen molar-refractivity contribution in [3.8, 4) is 0 Å². The number of nitrogens with zero attached hydrogens (tertiary/aromatic N) is 3. The van der Waals surface area contributed by atoms with E-state index < -0.39 is 34.5 Å². The maximum Gasteiger partial charge on any atom is 0.251 e. The van der Waals surface area contributed by atoms with E-state index in [4.69, 9.17) is 0 Å². The van der Waals surface area contributed by atoms with Gasteiger partial charge in [-0.15, -0.1) is 0 Å². The molecule has 1 aromatic rings. The van der Waals surface area contributed by atoms with Crippen LogP contribution in [0.1, 0.15) is 5.56 Å². The molecule has 142 valence electrons. The molecule has 2 saturated heterocycles. The van der Waals surface area contributed by atoms with E-state index in [1.54, 1.807) is 38.4 Å². The van der Waals surface area contributed by atoms with Gasteiger partial charge in [0.05, 0.1) is 18.6 Å². The maximum absolute atomic E-state index is 13.6. The van der Waals surface area contributed by atoms with Gasteiger partial charge in [0.1, 0.15) is 0 Å². The van der Waals surface area contributed by atoms with Crippen molar-refractivity contribution in [3.05, 3.63) is 60.2 Å². The second-order valence-electron chi connectivity index (χ2n) is 7.83. The Morgan fingerprint density at radius 3 is 1.68 bits per heavy atom. The second-order valence-corrected chi connectivity index (χ2v) is 7.83. The van der Waals surface area contributed by atoms with Gasteiger partial charge in [-0.1, -0.05) is 54.6 Å². The topological polar surface area (TPSA) is 78.0 Å². The summed E-state index contributed by atoms with van der Waals surface area (Å²) in [6, 6.07) is 8.34. The third-order valence-corrected chi connectivity index (χ3v) is 6.62. The Kier molecular flexibility index (Phi) is 3.13. The largest absolute Gasteiger partial charge is 0.336 e. The predicted octanol–water partition coefficient (Wildman–Crippen LogP) is 0.335. The van der Waals surface area contributed by atoms with Crippen molar-refractivity contribution in [1.82, 2.24) is 14.7 Å². The Morgan fingerprint density at radius 2 is 1.21 bits per heavy atom. The first kappa shape index (κ1) is 16.9. The van der Waals surface area contributed by atoms with Crippen molar-refractivity contribution in [2.75, 3.05) is 14.1 Å². The lowest BCUT2D eigenvalue weighted by Gasteiger charge is -2.53. The molecule has 8 rings (SSSR count). The van der Waals surface area contributed by atoms with Crippen LogP contribution in [0.4, 0.5) is 0 Å². The Balaban J connectivity index is 1.75. The van der Waals surface area contributed by atoms with Crippen LogP contribution in [0, 0.1) is 10.8 Å². The predicted molar refractivity (Wildman–Crippen MR) is 98.3 cm³/mol. The highest BCUT2D eigenvalue weighted by Crippen LogP contribution is 2.57. The summed E-state index contributed by atoms with van der Waals surface area (Å²) in [5.41, 5.74) is -2.97. The first-order chi connectivity index (χ1) is 13.4. The minimum absolute atomic E-state index is 0.0184. The average molecular weight is 377 g/mol. The SMILES string of the molecule is CN1C(=O)[C@]23C=C[C@H]1[C@@H]1C=C[C@@]2(C(=O)N(Cc2ccccc2)C3=O)C(=O)N1C. The number of likely N-dealkylation sites (tertiary alicyclic amines) is 1. The molecule has 4 amide bonds. The van der Waals surface area contributed by atoms with Crippen LogP contribution >= 0.6 is 0 Å². The molecule has 1 aliphatic carbocycles. The fourth-order valence-corrected chi connectivity index (χ4v) is 5.09. The Bertz CT molecular complexity index is 940. The molecule has 1 aromatic carbocycles. The van der Waals surface area contributed by atoms with Crippen molar-refractivity contribution < 1.29 is 19.2 Å². The molecule has 6 heterocycles. The zero-order valence-corrected chi connectivity index (χ0v) is 15.5. The third-order valence-electron chi connectivity index (χ3n) is 6.62. The van der Waals surface area contributed by atoms with Crippen molar-refractivity contribution in [2.24, 2.45) is 10.8 Å². The number of carbonyl (C=O) groups is 4. The third kappa shape index (κ3) is 1.62. The van der Waals surface area contributed by atoms with Crippen LogP contribution in [0.3, 0.4) is 0 Å². The fraction of sp³-hybridized carbons (Fsp3) is 0.333. The summed E-state index contributed by atoms with van der Waals surface area (Å²) in [5, 5.41) is 0. The molecular weight excluding hydrogens is 358 g/mol. The molecule has 6 aliphatic heterocycles. The number of amides is 4. The molecule has 0 N–H and O–H groups in total. The van der Waals surface area contributed by atoms with Crippen LogP contribution in [0.2, 0.25) is 0 Å². The van der Waals surface area contributed by atoms with E-state index in [-0.39, 0.29) is 18.6 Å². The molecular formula is C21H19N3O4. The lowest BCUT2D eigenvalue weighted by atomic mass is 9.58. The summed E-state index contributed by atoms with van der Waals surface area (Å²) < 4.78 is 0. The molecule has 2 spiro atoms. The smallest absolute Gasteiger partial charge is 0.251 e. The van der Waals surface area contributed by atoms with E-state index in [1.165, 1.54) is 22.0 Å². The average Bonchev–Trinajstić information content (AvgIpc) is 2.84. The summed E-state index contributed by atoms with van der Waals surface area (Å²) in [6.07, 6.45) is 6.58. The van der Waals surface area contributed by atoms with E-state index in [1.807, 2.05) is 18.2 Å². The Hall–Kier alpha value is -3.22. The van der Waals surface area contributed by atoms with Gasteiger partial charge in [0.15, 0.2) is 10.8 Å². The summed E-state index contributed by atoms with van der Waals surface area (Å²) in [5.74, 6) is -2.27. The number of imide groups is 1. The van der Waals surface area contributed by atoms with Crippen LogP contribution in [0.5, 0.6) is 0 Å². The summed E-state index contributed by atoms with van der Waals surface area (Å²) in [4.78, 5) is 58.1. The molecule has 0 saturated carbocycles. The van der Waals surface area contributed by atoms with Crippen LogP contribution in [0.15, 0.2) is 54.6 Å². The summed E-state index contributed by atoms with van der Waals surface area (Å²) in [7, 11) is 3.24. The highest BCUT2D eigenvalue weighted by Gasteiger charge is 2.78. The summed E-state index contributed by atoms with van der Waals surface area (Å²) >= 11 is 0. The Morgan fingerprint density at radius 1 is 0.750 bits per heavy atom. The molecule has 7 heteroatoms. The van der Waals surface area contributed by atoms with Gasteiger partial charge in [-0.25, -0.2) is 0 Å². The quantitative estimate of drug-likeness (QED) is 0.423. The molecule has 0 unspecified atom stereocenters. The van der Waals surface area contributed by atoms with E-state index in [0.29, 0.717) is 0 Å². The van der Waals surface area contributed by atoms with Gasteiger partial charge >= 0.3 is 0 Å². The minimum atomic E-state index is -1.86. The van der Waals surface area contributed by atoms with Crippen LogP contribution in [0.25, 0.3) is 0 Å². The zero-order valence-electron chi connectivity index (χ0n) is 15.5. The van der Waals surface area contributed by atoms with Crippen molar-refractivity contribution in [1.29, 1.82) is 0 Å². The Labute approximate surface area is 161 Å². The maximum atomic E-state index is 13.6. The lowest BCUT2D eigenvalue weighted by Crippen LogP contribution is -2.70. The summed E-state index contributed by atoms with van der Waals surface area (Å²) in [6.45, 7) is 0.0184.